The van der Waals surface area contributed by atoms with Crippen LogP contribution in [0.4, 0.5) is 0 Å². The van der Waals surface area contributed by atoms with E-state index in [4.69, 9.17) is 9.15 Å². The van der Waals surface area contributed by atoms with Gasteiger partial charge < -0.3 is 9.15 Å². The van der Waals surface area contributed by atoms with Gasteiger partial charge in [-0.25, -0.2) is 0 Å². The number of fused-ring (bicyclic) bond motifs is 1. The van der Waals surface area contributed by atoms with E-state index < -0.39 is 18.5 Å². The predicted octanol–water partition coefficient (Wildman–Crippen LogP) is 3.10. The third-order valence-electron chi connectivity index (χ3n) is 4.73. The zero-order valence-electron chi connectivity index (χ0n) is 15.3. The third kappa shape index (κ3) is 3.64. The Labute approximate surface area is 152 Å². The van der Waals surface area contributed by atoms with Crippen LogP contribution in [0, 0.1) is 6.92 Å². The summed E-state index contributed by atoms with van der Waals surface area (Å²) in [5, 5.41) is 0.886. The summed E-state index contributed by atoms with van der Waals surface area (Å²) in [6, 6.07) is 4.03. The number of ether oxygens (including phenoxy) is 1. The molecular formula is C20H23NO5. The molecule has 0 N–H and O–H groups in total. The lowest BCUT2D eigenvalue weighted by molar-refractivity contribution is -0.154. The first-order valence-corrected chi connectivity index (χ1v) is 8.86. The summed E-state index contributed by atoms with van der Waals surface area (Å²) in [6.45, 7) is 6.27. The molecule has 0 atom stereocenters. The molecule has 0 radical (unpaired) electrons. The monoisotopic (exact) mass is 357 g/mol. The topological polar surface area (TPSA) is 76.8 Å². The molecule has 138 valence electrons. The van der Waals surface area contributed by atoms with Crippen molar-refractivity contribution in [3.63, 3.8) is 0 Å². The van der Waals surface area contributed by atoms with Gasteiger partial charge in [0.05, 0.1) is 12.7 Å². The fourth-order valence-corrected chi connectivity index (χ4v) is 3.34. The van der Waals surface area contributed by atoms with E-state index in [1.165, 1.54) is 5.56 Å². The van der Waals surface area contributed by atoms with Crippen molar-refractivity contribution in [3.05, 3.63) is 35.1 Å². The molecule has 0 saturated carbocycles. The Balaban J connectivity index is 1.66. The molecular weight excluding hydrogens is 334 g/mol. The van der Waals surface area contributed by atoms with Crippen LogP contribution < -0.4 is 0 Å². The van der Waals surface area contributed by atoms with Crippen LogP contribution in [-0.4, -0.2) is 35.8 Å². The molecule has 0 aliphatic carbocycles. The summed E-state index contributed by atoms with van der Waals surface area (Å²) >= 11 is 0. The maximum atomic E-state index is 12.1. The first kappa shape index (κ1) is 18.2. The van der Waals surface area contributed by atoms with Crippen LogP contribution in [-0.2, 0) is 25.5 Å². The number of imide groups is 1. The number of likely N-dealkylation sites (tertiary alicyclic amines) is 1. The molecule has 6 nitrogen and oxygen atoms in total. The molecule has 26 heavy (non-hydrogen) atoms. The molecule has 3 rings (SSSR count). The van der Waals surface area contributed by atoms with E-state index in [1.807, 2.05) is 13.0 Å². The van der Waals surface area contributed by atoms with E-state index in [0.29, 0.717) is 25.3 Å². The minimum Gasteiger partial charge on any atom is -0.464 e. The van der Waals surface area contributed by atoms with Crippen molar-refractivity contribution < 1.29 is 23.5 Å². The van der Waals surface area contributed by atoms with Gasteiger partial charge in [0.15, 0.2) is 6.61 Å². The van der Waals surface area contributed by atoms with Gasteiger partial charge in [-0.2, -0.15) is 0 Å². The number of furan rings is 1. The molecule has 1 saturated heterocycles. The molecule has 2 amide bonds. The number of hydrogen-bond donors (Lipinski definition) is 0. The first-order chi connectivity index (χ1) is 12.4. The molecule has 6 heteroatoms. The number of amides is 2. The standard InChI is InChI=1S/C20H23NO5/c1-12(2)15-9-16-14(10-25-17(16)7-13(15)3)8-20(24)26-11-19(23)21-6-4-5-18(21)22/h7,9-10,12H,4-6,8,11H2,1-3H3. The Bertz CT molecular complexity index is 864. The average molecular weight is 357 g/mol. The Kier molecular flexibility index (Phi) is 5.11. The summed E-state index contributed by atoms with van der Waals surface area (Å²) in [5.74, 6) is -0.817. The summed E-state index contributed by atoms with van der Waals surface area (Å²) in [7, 11) is 0. The number of aryl methyl sites for hydroxylation is 1. The Hall–Kier alpha value is -2.63. The Morgan fingerprint density at radius 2 is 2.08 bits per heavy atom. The third-order valence-corrected chi connectivity index (χ3v) is 4.73. The maximum absolute atomic E-state index is 12.1. The summed E-state index contributed by atoms with van der Waals surface area (Å²) < 4.78 is 10.6. The highest BCUT2D eigenvalue weighted by molar-refractivity contribution is 5.97. The fourth-order valence-electron chi connectivity index (χ4n) is 3.34. The molecule has 0 spiro atoms. The van der Waals surface area contributed by atoms with Crippen LogP contribution in [0.25, 0.3) is 11.0 Å². The zero-order valence-corrected chi connectivity index (χ0v) is 15.3. The van der Waals surface area contributed by atoms with Crippen LogP contribution in [0.15, 0.2) is 22.8 Å². The molecule has 1 aliphatic heterocycles. The second-order valence-corrected chi connectivity index (χ2v) is 7.00. The summed E-state index contributed by atoms with van der Waals surface area (Å²) in [6.07, 6.45) is 2.62. The van der Waals surface area contributed by atoms with Crippen LogP contribution >= 0.6 is 0 Å². The molecule has 1 fully saturated rings. The molecule has 0 bridgehead atoms. The van der Waals surface area contributed by atoms with E-state index in [2.05, 4.69) is 19.9 Å². The SMILES string of the molecule is Cc1cc2occ(CC(=O)OCC(=O)N3CCCC3=O)c2cc1C(C)C. The quantitative estimate of drug-likeness (QED) is 0.769. The van der Waals surface area contributed by atoms with Gasteiger partial charge in [-0.3, -0.25) is 19.3 Å². The smallest absolute Gasteiger partial charge is 0.310 e. The Morgan fingerprint density at radius 1 is 1.31 bits per heavy atom. The van der Waals surface area contributed by atoms with Crippen LogP contribution in [0.5, 0.6) is 0 Å². The molecule has 2 heterocycles. The number of benzene rings is 1. The van der Waals surface area contributed by atoms with Crippen molar-refractivity contribution in [3.8, 4) is 0 Å². The van der Waals surface area contributed by atoms with Gasteiger partial charge in [0.2, 0.25) is 5.91 Å². The van der Waals surface area contributed by atoms with Gasteiger partial charge in [0.1, 0.15) is 5.58 Å². The minimum atomic E-state index is -0.514. The molecule has 2 aromatic rings. The van der Waals surface area contributed by atoms with E-state index in [1.54, 1.807) is 6.26 Å². The number of carbonyl (C=O) groups excluding carboxylic acids is 3. The summed E-state index contributed by atoms with van der Waals surface area (Å²) in [4.78, 5) is 36.7. The van der Waals surface area contributed by atoms with Crippen molar-refractivity contribution >= 4 is 28.8 Å². The van der Waals surface area contributed by atoms with E-state index in [0.717, 1.165) is 27.0 Å². The van der Waals surface area contributed by atoms with Gasteiger partial charge in [-0.05, 0) is 42.5 Å². The van der Waals surface area contributed by atoms with Crippen LogP contribution in [0.1, 0.15) is 49.3 Å². The van der Waals surface area contributed by atoms with Gasteiger partial charge in [0.25, 0.3) is 5.91 Å². The maximum Gasteiger partial charge on any atom is 0.310 e. The second-order valence-electron chi connectivity index (χ2n) is 7.00. The first-order valence-electron chi connectivity index (χ1n) is 8.86. The van der Waals surface area contributed by atoms with Gasteiger partial charge in [0, 0.05) is 23.9 Å². The number of esters is 1. The van der Waals surface area contributed by atoms with Crippen molar-refractivity contribution in [2.45, 2.75) is 46.0 Å². The lowest BCUT2D eigenvalue weighted by Crippen LogP contribution is -2.35. The molecule has 1 aromatic carbocycles. The highest BCUT2D eigenvalue weighted by Crippen LogP contribution is 2.29. The largest absolute Gasteiger partial charge is 0.464 e. The average Bonchev–Trinajstić information content (AvgIpc) is 3.18. The van der Waals surface area contributed by atoms with E-state index in [-0.39, 0.29) is 12.3 Å². The van der Waals surface area contributed by atoms with Crippen LogP contribution in [0.2, 0.25) is 0 Å². The fraction of sp³-hybridized carbons (Fsp3) is 0.450. The lowest BCUT2D eigenvalue weighted by atomic mass is 9.95. The number of rotatable bonds is 5. The van der Waals surface area contributed by atoms with Crippen molar-refractivity contribution in [2.75, 3.05) is 13.2 Å². The molecule has 1 aromatic heterocycles. The minimum absolute atomic E-state index is 0.0226. The van der Waals surface area contributed by atoms with E-state index >= 15 is 0 Å². The normalized spacial score (nSPS) is 14.5. The molecule has 1 aliphatic rings. The summed E-state index contributed by atoms with van der Waals surface area (Å²) in [5.41, 5.74) is 3.82. The van der Waals surface area contributed by atoms with Gasteiger partial charge >= 0.3 is 5.97 Å². The highest BCUT2D eigenvalue weighted by Gasteiger charge is 2.27. The Morgan fingerprint density at radius 3 is 2.73 bits per heavy atom. The number of nitrogens with zero attached hydrogens (tertiary/aromatic N) is 1. The van der Waals surface area contributed by atoms with Gasteiger partial charge in [-0.15, -0.1) is 0 Å². The van der Waals surface area contributed by atoms with Crippen molar-refractivity contribution in [2.24, 2.45) is 0 Å². The zero-order chi connectivity index (χ0) is 18.8. The van der Waals surface area contributed by atoms with Crippen LogP contribution in [0.3, 0.4) is 0 Å². The van der Waals surface area contributed by atoms with Crippen molar-refractivity contribution in [1.29, 1.82) is 0 Å². The second kappa shape index (κ2) is 7.32. The molecule has 0 unspecified atom stereocenters. The van der Waals surface area contributed by atoms with Crippen molar-refractivity contribution in [1.82, 2.24) is 4.90 Å². The predicted molar refractivity (Wildman–Crippen MR) is 95.7 cm³/mol. The lowest BCUT2D eigenvalue weighted by Gasteiger charge is -2.13. The van der Waals surface area contributed by atoms with E-state index in [9.17, 15) is 14.4 Å². The number of carbonyl (C=O) groups is 3. The number of hydrogen-bond acceptors (Lipinski definition) is 5. The van der Waals surface area contributed by atoms with Gasteiger partial charge in [-0.1, -0.05) is 13.8 Å². The highest BCUT2D eigenvalue weighted by atomic mass is 16.5.